The number of nitrogen functional groups attached to an aromatic ring is 1. The van der Waals surface area contributed by atoms with Crippen LogP contribution in [0.15, 0.2) is 35.6 Å². The maximum atomic E-state index is 12.9. The zero-order valence-electron chi connectivity index (χ0n) is 19.9. The third-order valence-corrected chi connectivity index (χ3v) is 9.28. The van der Waals surface area contributed by atoms with Crippen LogP contribution >= 0.6 is 35.1 Å². The maximum Gasteiger partial charge on any atom is 0.490 e. The molecule has 0 spiro atoms. The van der Waals surface area contributed by atoms with Gasteiger partial charge in [-0.05, 0) is 18.2 Å². The largest absolute Gasteiger partial charge is 0.490 e. The zero-order chi connectivity index (χ0) is 30.3. The predicted octanol–water partition coefficient (Wildman–Crippen LogP) is 0.182. The van der Waals surface area contributed by atoms with E-state index in [-0.39, 0.29) is 27.4 Å². The number of phosphoric acid groups is 3. The molecular formula is C17H19ClN5O15P3. The van der Waals surface area contributed by atoms with Crippen molar-refractivity contribution in [3.8, 4) is 0 Å². The fourth-order valence-corrected chi connectivity index (χ4v) is 6.84. The van der Waals surface area contributed by atoms with Crippen LogP contribution in [0, 0.1) is 0 Å². The Morgan fingerprint density at radius 2 is 1.85 bits per heavy atom. The van der Waals surface area contributed by atoms with E-state index in [2.05, 4.69) is 28.1 Å². The number of carbonyl (C=O) groups is 1. The quantitative estimate of drug-likeness (QED) is 0.0865. The smallest absolute Gasteiger partial charge is 0.453 e. The molecule has 1 saturated heterocycles. The van der Waals surface area contributed by atoms with Gasteiger partial charge in [0.2, 0.25) is 0 Å². The minimum atomic E-state index is -5.84. The van der Waals surface area contributed by atoms with Gasteiger partial charge in [-0.2, -0.15) is 8.62 Å². The molecule has 8 N–H and O–H groups in total. The Morgan fingerprint density at radius 1 is 1.15 bits per heavy atom. The summed E-state index contributed by atoms with van der Waals surface area (Å²) < 4.78 is 58.7. The summed E-state index contributed by atoms with van der Waals surface area (Å²) >= 11 is 5.91. The number of imidazole rings is 1. The maximum absolute atomic E-state index is 12.9. The predicted molar refractivity (Wildman–Crippen MR) is 133 cm³/mol. The van der Waals surface area contributed by atoms with Crippen molar-refractivity contribution in [1.82, 2.24) is 19.5 Å². The number of ether oxygens (including phenoxy) is 2. The van der Waals surface area contributed by atoms with Gasteiger partial charge in [0.25, 0.3) is 5.56 Å². The van der Waals surface area contributed by atoms with E-state index in [0.717, 1.165) is 17.2 Å². The number of halogens is 1. The number of benzene rings is 1. The Balaban J connectivity index is 1.61. The third-order valence-electron chi connectivity index (χ3n) is 5.24. The molecule has 20 nitrogen and oxygen atoms in total. The summed E-state index contributed by atoms with van der Waals surface area (Å²) in [6.07, 6.45) is -4.53. The van der Waals surface area contributed by atoms with E-state index < -0.39 is 66.1 Å². The average Bonchev–Trinajstić information content (AvgIpc) is 3.39. The Hall–Kier alpha value is -2.54. The standard InChI is InChI=1S/C17H19ClN5O15P3/c18-7-1-2-9(19)8(3-7)17(26)36-13-10(4-34-40(30,31)38-41(32,33)37-39(27,28)29)35-16(12(13)24)23-6-22-11-14(23)20-5-21-15(11)25/h1-3,5-6,10,12-13,16,24H,4,19H2,(H,30,31)(H,32,33)(H,20,21,25)(H2,27,28,29). The van der Waals surface area contributed by atoms with Crippen molar-refractivity contribution in [1.29, 1.82) is 0 Å². The van der Waals surface area contributed by atoms with Crippen molar-refractivity contribution in [2.45, 2.75) is 24.5 Å². The molecule has 1 aliphatic rings. The number of fused-ring (bicyclic) bond motifs is 1. The second-order valence-electron chi connectivity index (χ2n) is 8.10. The van der Waals surface area contributed by atoms with Crippen LogP contribution in [0.5, 0.6) is 0 Å². The Morgan fingerprint density at radius 3 is 2.54 bits per heavy atom. The Kier molecular flexibility index (Phi) is 8.90. The minimum absolute atomic E-state index is 0.0572. The highest BCUT2D eigenvalue weighted by atomic mass is 35.5. The van der Waals surface area contributed by atoms with Gasteiger partial charge in [0.15, 0.2) is 23.5 Å². The van der Waals surface area contributed by atoms with Crippen LogP contribution < -0.4 is 11.3 Å². The third kappa shape index (κ3) is 7.46. The highest BCUT2D eigenvalue weighted by molar-refractivity contribution is 7.66. The summed E-state index contributed by atoms with van der Waals surface area (Å²) in [4.78, 5) is 71.6. The molecule has 3 aromatic rings. The molecule has 0 radical (unpaired) electrons. The van der Waals surface area contributed by atoms with Crippen molar-refractivity contribution in [2.24, 2.45) is 0 Å². The van der Waals surface area contributed by atoms with Gasteiger partial charge in [-0.1, -0.05) is 11.6 Å². The van der Waals surface area contributed by atoms with Crippen molar-refractivity contribution < 1.29 is 65.8 Å². The van der Waals surface area contributed by atoms with Gasteiger partial charge >= 0.3 is 29.4 Å². The van der Waals surface area contributed by atoms with E-state index in [9.17, 15) is 38.2 Å². The fraction of sp³-hybridized carbons (Fsp3) is 0.294. The van der Waals surface area contributed by atoms with E-state index in [1.54, 1.807) is 0 Å². The molecule has 24 heteroatoms. The molecule has 224 valence electrons. The number of H-pyrrole nitrogens is 1. The average molecular weight is 662 g/mol. The number of aliphatic hydroxyl groups is 1. The van der Waals surface area contributed by atoms with E-state index in [4.69, 9.17) is 36.6 Å². The molecule has 41 heavy (non-hydrogen) atoms. The summed E-state index contributed by atoms with van der Waals surface area (Å²) in [6.45, 7) is -1.10. The number of aromatic nitrogens is 4. The molecule has 1 fully saturated rings. The van der Waals surface area contributed by atoms with Crippen LogP contribution in [-0.2, 0) is 36.3 Å². The van der Waals surface area contributed by atoms with E-state index in [1.807, 2.05) is 0 Å². The first-order valence-electron chi connectivity index (χ1n) is 10.7. The van der Waals surface area contributed by atoms with E-state index in [1.165, 1.54) is 18.2 Å². The summed E-state index contributed by atoms with van der Waals surface area (Å²) in [5.41, 5.74) is 4.66. The van der Waals surface area contributed by atoms with Gasteiger partial charge in [-0.15, -0.1) is 0 Å². The molecule has 1 aromatic carbocycles. The topological polar surface area (TPSA) is 305 Å². The lowest BCUT2D eigenvalue weighted by Gasteiger charge is -2.22. The van der Waals surface area contributed by atoms with Gasteiger partial charge in [0, 0.05) is 10.7 Å². The van der Waals surface area contributed by atoms with Gasteiger partial charge in [0.05, 0.1) is 24.8 Å². The van der Waals surface area contributed by atoms with Crippen LogP contribution in [0.25, 0.3) is 11.2 Å². The van der Waals surface area contributed by atoms with Crippen molar-refractivity contribution >= 4 is 57.9 Å². The first-order valence-corrected chi connectivity index (χ1v) is 15.6. The Bertz CT molecular complexity index is 1680. The number of nitrogens with zero attached hydrogens (tertiary/aromatic N) is 3. The first kappa shape index (κ1) is 31.4. The monoisotopic (exact) mass is 661 g/mol. The van der Waals surface area contributed by atoms with Gasteiger partial charge in [-0.25, -0.2) is 28.5 Å². The Labute approximate surface area is 232 Å². The highest BCUT2D eigenvalue weighted by Gasteiger charge is 2.50. The van der Waals surface area contributed by atoms with E-state index >= 15 is 0 Å². The van der Waals surface area contributed by atoms with Crippen molar-refractivity contribution in [3.05, 3.63) is 51.8 Å². The van der Waals surface area contributed by atoms with Crippen LogP contribution in [0.3, 0.4) is 0 Å². The molecule has 2 aromatic heterocycles. The highest BCUT2D eigenvalue weighted by Crippen LogP contribution is 2.66. The molecule has 6 unspecified atom stereocenters. The molecular weight excluding hydrogens is 643 g/mol. The van der Waals surface area contributed by atoms with Crippen LogP contribution in [0.4, 0.5) is 5.69 Å². The summed E-state index contributed by atoms with van der Waals surface area (Å²) in [6, 6.07) is 3.86. The number of hydrogen-bond acceptors (Lipinski definition) is 14. The zero-order valence-corrected chi connectivity index (χ0v) is 23.3. The number of hydrogen-bond donors (Lipinski definition) is 7. The molecule has 0 saturated carbocycles. The molecule has 6 atom stereocenters. The van der Waals surface area contributed by atoms with Crippen molar-refractivity contribution in [2.75, 3.05) is 12.3 Å². The molecule has 0 bridgehead atoms. The number of esters is 1. The summed E-state index contributed by atoms with van der Waals surface area (Å²) in [7, 11) is -17.1. The number of aromatic amines is 1. The van der Waals surface area contributed by atoms with Crippen LogP contribution in [0.1, 0.15) is 16.6 Å². The molecule has 4 rings (SSSR count). The second kappa shape index (κ2) is 11.6. The van der Waals surface area contributed by atoms with E-state index in [0.29, 0.717) is 0 Å². The number of carbonyl (C=O) groups excluding carboxylic acids is 1. The fourth-order valence-electron chi connectivity index (χ4n) is 3.64. The lowest BCUT2D eigenvalue weighted by Crippen LogP contribution is -2.38. The SMILES string of the molecule is Nc1ccc(Cl)cc1C(=O)OC1C(COP(=O)(O)OP(=O)(O)OP(=O)(O)O)OC(n2cnc3c(=O)[nH]cnc32)C1O. The summed E-state index contributed by atoms with van der Waals surface area (Å²) in [5, 5.41) is 11.2. The lowest BCUT2D eigenvalue weighted by molar-refractivity contribution is -0.0520. The number of nitrogens with two attached hydrogens (primary N) is 1. The number of anilines is 1. The number of nitrogens with one attached hydrogen (secondary N) is 1. The molecule has 0 aliphatic carbocycles. The first-order chi connectivity index (χ1) is 19.0. The van der Waals surface area contributed by atoms with Gasteiger partial charge < -0.3 is 44.9 Å². The molecule has 3 heterocycles. The normalized spacial score (nSPS) is 24.1. The second-order valence-corrected chi connectivity index (χ2v) is 13.0. The molecule has 0 amide bonds. The number of rotatable bonds is 10. The number of phosphoric ester groups is 1. The molecule has 1 aliphatic heterocycles. The lowest BCUT2D eigenvalue weighted by atomic mass is 10.1. The summed E-state index contributed by atoms with van der Waals surface area (Å²) in [5.74, 6) is -1.12. The van der Waals surface area contributed by atoms with Crippen molar-refractivity contribution in [3.63, 3.8) is 0 Å². The van der Waals surface area contributed by atoms with Crippen LogP contribution in [0.2, 0.25) is 5.02 Å². The minimum Gasteiger partial charge on any atom is -0.453 e. The van der Waals surface area contributed by atoms with Gasteiger partial charge in [0.1, 0.15) is 12.2 Å². The van der Waals surface area contributed by atoms with Gasteiger partial charge in [-0.3, -0.25) is 13.9 Å². The number of aliphatic hydroxyl groups excluding tert-OH is 1. The van der Waals surface area contributed by atoms with Crippen LogP contribution in [-0.4, -0.2) is 75.1 Å².